The number of amides is 1. The standard InChI is InChI=1S/C20H22N4O2/c1-14-13-19-21-17(10-12-24(19)22-14)18-5-3-4-11-23(18)20(25)15-6-8-16(26-2)9-7-15/h6-10,12-13,18H,3-5,11H2,1-2H3/t18-/m1/s1. The zero-order valence-corrected chi connectivity index (χ0v) is 15.1. The fourth-order valence-corrected chi connectivity index (χ4v) is 3.58. The molecule has 0 radical (unpaired) electrons. The van der Waals surface area contributed by atoms with E-state index in [1.54, 1.807) is 11.6 Å². The first-order valence-corrected chi connectivity index (χ1v) is 8.93. The highest BCUT2D eigenvalue weighted by Gasteiger charge is 2.29. The molecular formula is C20H22N4O2. The van der Waals surface area contributed by atoms with Gasteiger partial charge in [0.2, 0.25) is 0 Å². The van der Waals surface area contributed by atoms with Gasteiger partial charge in [0.1, 0.15) is 5.75 Å². The van der Waals surface area contributed by atoms with E-state index in [4.69, 9.17) is 9.72 Å². The summed E-state index contributed by atoms with van der Waals surface area (Å²) in [5.74, 6) is 0.795. The third-order valence-corrected chi connectivity index (χ3v) is 4.91. The van der Waals surface area contributed by atoms with Gasteiger partial charge in [0, 0.05) is 24.4 Å². The van der Waals surface area contributed by atoms with E-state index in [1.165, 1.54) is 0 Å². The number of methoxy groups -OCH3 is 1. The topological polar surface area (TPSA) is 59.7 Å². The van der Waals surface area contributed by atoms with E-state index in [0.717, 1.165) is 48.6 Å². The van der Waals surface area contributed by atoms with Gasteiger partial charge in [-0.05, 0) is 56.5 Å². The number of hydrogen-bond donors (Lipinski definition) is 0. The van der Waals surface area contributed by atoms with Crippen LogP contribution in [0.1, 0.15) is 47.1 Å². The second-order valence-electron chi connectivity index (χ2n) is 6.68. The summed E-state index contributed by atoms with van der Waals surface area (Å²) in [4.78, 5) is 19.8. The molecular weight excluding hydrogens is 328 g/mol. The highest BCUT2D eigenvalue weighted by Crippen LogP contribution is 2.31. The molecule has 0 unspecified atom stereocenters. The Balaban J connectivity index is 1.65. The second kappa shape index (κ2) is 6.78. The van der Waals surface area contributed by atoms with Crippen molar-refractivity contribution in [1.82, 2.24) is 19.5 Å². The lowest BCUT2D eigenvalue weighted by atomic mass is 9.98. The molecule has 134 valence electrons. The van der Waals surface area contributed by atoms with Crippen LogP contribution < -0.4 is 4.74 Å². The molecule has 3 aromatic rings. The van der Waals surface area contributed by atoms with E-state index in [1.807, 2.05) is 54.4 Å². The first-order chi connectivity index (χ1) is 12.7. The Morgan fingerprint density at radius 1 is 1.19 bits per heavy atom. The quantitative estimate of drug-likeness (QED) is 0.726. The maximum Gasteiger partial charge on any atom is 0.254 e. The third kappa shape index (κ3) is 3.03. The molecule has 0 bridgehead atoms. The van der Waals surface area contributed by atoms with Crippen LogP contribution in [0.15, 0.2) is 42.6 Å². The summed E-state index contributed by atoms with van der Waals surface area (Å²) in [5.41, 5.74) is 3.37. The molecule has 3 heterocycles. The Labute approximate surface area is 152 Å². The summed E-state index contributed by atoms with van der Waals surface area (Å²) >= 11 is 0. The molecule has 4 rings (SSSR count). The molecule has 6 nitrogen and oxygen atoms in total. The minimum atomic E-state index is -0.00134. The number of likely N-dealkylation sites (tertiary alicyclic amines) is 1. The van der Waals surface area contributed by atoms with Crippen LogP contribution in [0.25, 0.3) is 5.65 Å². The molecule has 2 aromatic heterocycles. The molecule has 1 atom stereocenters. The molecule has 6 heteroatoms. The number of benzene rings is 1. The maximum atomic E-state index is 13.1. The number of carbonyl (C=O) groups is 1. The van der Waals surface area contributed by atoms with Crippen LogP contribution >= 0.6 is 0 Å². The predicted molar refractivity (Wildman–Crippen MR) is 98.3 cm³/mol. The summed E-state index contributed by atoms with van der Waals surface area (Å²) in [5, 5.41) is 4.38. The summed E-state index contributed by atoms with van der Waals surface area (Å²) in [6.07, 6.45) is 4.97. The van der Waals surface area contributed by atoms with Crippen LogP contribution in [0.5, 0.6) is 5.75 Å². The van der Waals surface area contributed by atoms with Crippen molar-refractivity contribution in [2.75, 3.05) is 13.7 Å². The zero-order chi connectivity index (χ0) is 18.1. The van der Waals surface area contributed by atoms with Crippen molar-refractivity contribution in [3.63, 3.8) is 0 Å². The monoisotopic (exact) mass is 350 g/mol. The van der Waals surface area contributed by atoms with Gasteiger partial charge < -0.3 is 9.64 Å². The van der Waals surface area contributed by atoms with Crippen LogP contribution in [0.2, 0.25) is 0 Å². The van der Waals surface area contributed by atoms with Crippen molar-refractivity contribution in [1.29, 1.82) is 0 Å². The lowest BCUT2D eigenvalue weighted by Gasteiger charge is -2.35. The molecule has 0 saturated carbocycles. The average Bonchev–Trinajstić information content (AvgIpc) is 3.06. The van der Waals surface area contributed by atoms with E-state index in [-0.39, 0.29) is 11.9 Å². The van der Waals surface area contributed by atoms with Gasteiger partial charge in [-0.2, -0.15) is 5.10 Å². The van der Waals surface area contributed by atoms with Crippen LogP contribution in [0, 0.1) is 6.92 Å². The van der Waals surface area contributed by atoms with E-state index in [0.29, 0.717) is 5.56 Å². The zero-order valence-electron chi connectivity index (χ0n) is 15.1. The number of hydrogen-bond acceptors (Lipinski definition) is 4. The summed E-state index contributed by atoms with van der Waals surface area (Å²) < 4.78 is 6.96. The minimum absolute atomic E-state index is 0.00134. The number of aryl methyl sites for hydroxylation is 1. The van der Waals surface area contributed by atoms with Crippen molar-refractivity contribution < 1.29 is 9.53 Å². The van der Waals surface area contributed by atoms with Gasteiger partial charge in [-0.15, -0.1) is 0 Å². The van der Waals surface area contributed by atoms with Crippen LogP contribution in [-0.4, -0.2) is 39.1 Å². The molecule has 1 amide bonds. The van der Waals surface area contributed by atoms with Crippen molar-refractivity contribution in [3.8, 4) is 5.75 Å². The number of rotatable bonds is 3. The number of ether oxygens (including phenoxy) is 1. The molecule has 1 saturated heterocycles. The highest BCUT2D eigenvalue weighted by molar-refractivity contribution is 5.94. The number of fused-ring (bicyclic) bond motifs is 1. The number of piperidine rings is 1. The molecule has 0 aliphatic carbocycles. The van der Waals surface area contributed by atoms with Crippen molar-refractivity contribution in [2.24, 2.45) is 0 Å². The second-order valence-corrected chi connectivity index (χ2v) is 6.68. The third-order valence-electron chi connectivity index (χ3n) is 4.91. The normalized spacial score (nSPS) is 17.5. The Bertz CT molecular complexity index is 933. The van der Waals surface area contributed by atoms with E-state index >= 15 is 0 Å². The fraction of sp³-hybridized carbons (Fsp3) is 0.350. The van der Waals surface area contributed by atoms with Gasteiger partial charge in [0.15, 0.2) is 5.65 Å². The van der Waals surface area contributed by atoms with Gasteiger partial charge in [-0.3, -0.25) is 4.79 Å². The van der Waals surface area contributed by atoms with Crippen molar-refractivity contribution in [2.45, 2.75) is 32.2 Å². The predicted octanol–water partition coefficient (Wildman–Crippen LogP) is 3.41. The Morgan fingerprint density at radius 3 is 2.77 bits per heavy atom. The number of carbonyl (C=O) groups excluding carboxylic acids is 1. The largest absolute Gasteiger partial charge is 0.497 e. The van der Waals surface area contributed by atoms with Crippen LogP contribution in [0.4, 0.5) is 0 Å². The van der Waals surface area contributed by atoms with Gasteiger partial charge in [-0.1, -0.05) is 0 Å². The van der Waals surface area contributed by atoms with Gasteiger partial charge in [0.05, 0.1) is 24.5 Å². The van der Waals surface area contributed by atoms with E-state index in [2.05, 4.69) is 5.10 Å². The average molecular weight is 350 g/mol. The van der Waals surface area contributed by atoms with Crippen LogP contribution in [0.3, 0.4) is 0 Å². The summed E-state index contributed by atoms with van der Waals surface area (Å²) in [7, 11) is 1.62. The van der Waals surface area contributed by atoms with E-state index in [9.17, 15) is 4.79 Å². The minimum Gasteiger partial charge on any atom is -0.497 e. The molecule has 1 aromatic carbocycles. The summed E-state index contributed by atoms with van der Waals surface area (Å²) in [6.45, 7) is 2.70. The number of aromatic nitrogens is 3. The first kappa shape index (κ1) is 16.6. The molecule has 26 heavy (non-hydrogen) atoms. The smallest absolute Gasteiger partial charge is 0.254 e. The highest BCUT2D eigenvalue weighted by atomic mass is 16.5. The number of nitrogens with zero attached hydrogens (tertiary/aromatic N) is 4. The SMILES string of the molecule is COc1ccc(C(=O)N2CCCC[C@@H]2c2ccn3nc(C)cc3n2)cc1. The maximum absolute atomic E-state index is 13.1. The summed E-state index contributed by atoms with van der Waals surface area (Å²) in [6, 6.07) is 11.2. The Kier molecular flexibility index (Phi) is 4.32. The molecule has 1 fully saturated rings. The molecule has 1 aliphatic rings. The van der Waals surface area contributed by atoms with Crippen molar-refractivity contribution in [3.05, 3.63) is 59.5 Å². The van der Waals surface area contributed by atoms with E-state index < -0.39 is 0 Å². The molecule has 0 N–H and O–H groups in total. The molecule has 1 aliphatic heterocycles. The van der Waals surface area contributed by atoms with Gasteiger partial charge >= 0.3 is 0 Å². The Morgan fingerprint density at radius 2 is 2.00 bits per heavy atom. The molecule has 0 spiro atoms. The Hall–Kier alpha value is -2.89. The lowest BCUT2D eigenvalue weighted by molar-refractivity contribution is 0.0606. The first-order valence-electron chi connectivity index (χ1n) is 8.93. The van der Waals surface area contributed by atoms with Crippen molar-refractivity contribution >= 4 is 11.6 Å². The van der Waals surface area contributed by atoms with Gasteiger partial charge in [-0.25, -0.2) is 9.50 Å². The lowest BCUT2D eigenvalue weighted by Crippen LogP contribution is -2.38. The fourth-order valence-electron chi connectivity index (χ4n) is 3.58. The van der Waals surface area contributed by atoms with Gasteiger partial charge in [0.25, 0.3) is 5.91 Å². The van der Waals surface area contributed by atoms with Crippen LogP contribution in [-0.2, 0) is 0 Å².